The quantitative estimate of drug-likeness (QED) is 0.644. The molecule has 1 aliphatic carbocycles. The number of hydrogen-bond acceptors (Lipinski definition) is 3. The van der Waals surface area contributed by atoms with E-state index in [-0.39, 0.29) is 0 Å². The predicted octanol–water partition coefficient (Wildman–Crippen LogP) is 1.78. The van der Waals surface area contributed by atoms with Crippen molar-refractivity contribution in [2.24, 2.45) is 0 Å². The lowest BCUT2D eigenvalue weighted by Crippen LogP contribution is -2.49. The highest BCUT2D eigenvalue weighted by Crippen LogP contribution is 2.28. The van der Waals surface area contributed by atoms with E-state index >= 15 is 0 Å². The Labute approximate surface area is 110 Å². The molecule has 4 nitrogen and oxygen atoms in total. The van der Waals surface area contributed by atoms with Crippen molar-refractivity contribution in [1.82, 2.24) is 4.72 Å². The molecule has 0 aromatic heterocycles. The van der Waals surface area contributed by atoms with Crippen LogP contribution < -0.4 is 10.5 Å². The van der Waals surface area contributed by atoms with Gasteiger partial charge in [0.2, 0.25) is 0 Å². The molecular weight excluding hydrogens is 248 g/mol. The number of carbonyl (C=O) groups is 1. The summed E-state index contributed by atoms with van der Waals surface area (Å²) in [6.45, 7) is 0. The summed E-state index contributed by atoms with van der Waals surface area (Å²) >= 11 is 0. The smallest absolute Gasteiger partial charge is 0.140 e. The standard InChI is InChI=1S/C13H18N2O2S/c14-11-6-2-3-7-12(11)18(17)15-13(10-16)8-4-1-5-9-13/h2-3,6-7,10,15H,1,4-5,8-9,14H2. The van der Waals surface area contributed by atoms with Crippen LogP contribution in [-0.4, -0.2) is 16.0 Å². The van der Waals surface area contributed by atoms with E-state index in [2.05, 4.69) is 4.72 Å². The van der Waals surface area contributed by atoms with Crippen LogP contribution in [0.3, 0.4) is 0 Å². The molecule has 0 aliphatic heterocycles. The number of benzene rings is 1. The lowest BCUT2D eigenvalue weighted by molar-refractivity contribution is -0.113. The first-order valence-corrected chi connectivity index (χ1v) is 7.32. The number of nitrogen functional groups attached to an aromatic ring is 1. The van der Waals surface area contributed by atoms with Crippen LogP contribution in [0.25, 0.3) is 0 Å². The zero-order valence-corrected chi connectivity index (χ0v) is 11.0. The van der Waals surface area contributed by atoms with Gasteiger partial charge in [0.25, 0.3) is 0 Å². The number of nitrogens with one attached hydrogen (secondary N) is 1. The van der Waals surface area contributed by atoms with Crippen molar-refractivity contribution in [3.63, 3.8) is 0 Å². The van der Waals surface area contributed by atoms with E-state index in [0.29, 0.717) is 10.6 Å². The van der Waals surface area contributed by atoms with Gasteiger partial charge in [-0.15, -0.1) is 0 Å². The van der Waals surface area contributed by atoms with Crippen molar-refractivity contribution in [2.45, 2.75) is 42.5 Å². The van der Waals surface area contributed by atoms with Gasteiger partial charge in [-0.05, 0) is 25.0 Å². The number of nitrogens with two attached hydrogens (primary N) is 1. The van der Waals surface area contributed by atoms with Gasteiger partial charge < -0.3 is 10.5 Å². The zero-order valence-electron chi connectivity index (χ0n) is 10.2. The minimum atomic E-state index is -1.44. The second kappa shape index (κ2) is 5.63. The lowest BCUT2D eigenvalue weighted by atomic mass is 9.84. The molecule has 1 fully saturated rings. The Morgan fingerprint density at radius 1 is 1.22 bits per heavy atom. The first-order valence-electron chi connectivity index (χ1n) is 6.17. The Morgan fingerprint density at radius 3 is 2.50 bits per heavy atom. The summed E-state index contributed by atoms with van der Waals surface area (Å²) in [5, 5.41) is 0. The predicted molar refractivity (Wildman–Crippen MR) is 72.3 cm³/mol. The SMILES string of the molecule is Nc1ccccc1S(=O)NC1(C=O)CCCCC1. The van der Waals surface area contributed by atoms with Crippen molar-refractivity contribution in [1.29, 1.82) is 0 Å². The van der Waals surface area contributed by atoms with Gasteiger partial charge in [-0.2, -0.15) is 0 Å². The topological polar surface area (TPSA) is 72.2 Å². The second-order valence-corrected chi connectivity index (χ2v) is 5.92. The fourth-order valence-electron chi connectivity index (χ4n) is 2.32. The number of anilines is 1. The van der Waals surface area contributed by atoms with Crippen LogP contribution in [0, 0.1) is 0 Å². The molecule has 0 radical (unpaired) electrons. The van der Waals surface area contributed by atoms with Crippen molar-refractivity contribution in [2.75, 3.05) is 5.73 Å². The first kappa shape index (κ1) is 13.2. The normalized spacial score (nSPS) is 20.2. The van der Waals surface area contributed by atoms with Crippen LogP contribution in [0.2, 0.25) is 0 Å². The van der Waals surface area contributed by atoms with Crippen LogP contribution in [-0.2, 0) is 15.8 Å². The van der Waals surface area contributed by atoms with E-state index in [1.807, 2.05) is 0 Å². The third-order valence-corrected chi connectivity index (χ3v) is 4.75. The summed E-state index contributed by atoms with van der Waals surface area (Å²) in [6, 6.07) is 7.02. The number of rotatable bonds is 4. The highest BCUT2D eigenvalue weighted by atomic mass is 32.2. The molecule has 1 aromatic rings. The fourth-order valence-corrected chi connectivity index (χ4v) is 3.53. The van der Waals surface area contributed by atoms with Gasteiger partial charge in [-0.1, -0.05) is 31.4 Å². The molecule has 1 unspecified atom stereocenters. The maximum absolute atomic E-state index is 12.3. The molecule has 1 aliphatic rings. The Morgan fingerprint density at radius 2 is 1.89 bits per heavy atom. The summed E-state index contributed by atoms with van der Waals surface area (Å²) in [4.78, 5) is 11.9. The average molecular weight is 266 g/mol. The Kier molecular flexibility index (Phi) is 4.14. The monoisotopic (exact) mass is 266 g/mol. The summed E-state index contributed by atoms with van der Waals surface area (Å²) < 4.78 is 15.2. The third-order valence-electron chi connectivity index (χ3n) is 3.39. The largest absolute Gasteiger partial charge is 0.398 e. The molecule has 1 saturated carbocycles. The minimum Gasteiger partial charge on any atom is -0.398 e. The van der Waals surface area contributed by atoms with Crippen LogP contribution in [0.5, 0.6) is 0 Å². The molecule has 0 heterocycles. The van der Waals surface area contributed by atoms with Crippen molar-refractivity contribution >= 4 is 23.0 Å². The minimum absolute atomic E-state index is 0.486. The number of aldehydes is 1. The highest BCUT2D eigenvalue weighted by molar-refractivity contribution is 7.83. The van der Waals surface area contributed by atoms with Gasteiger partial charge in [0.15, 0.2) is 0 Å². The molecule has 0 spiro atoms. The maximum Gasteiger partial charge on any atom is 0.140 e. The second-order valence-electron chi connectivity index (χ2n) is 4.74. The fraction of sp³-hybridized carbons (Fsp3) is 0.462. The van der Waals surface area contributed by atoms with E-state index in [0.717, 1.165) is 38.4 Å². The molecule has 5 heteroatoms. The van der Waals surface area contributed by atoms with Gasteiger partial charge >= 0.3 is 0 Å². The molecule has 0 bridgehead atoms. The maximum atomic E-state index is 12.3. The van der Waals surface area contributed by atoms with E-state index in [1.165, 1.54) is 0 Å². The summed E-state index contributed by atoms with van der Waals surface area (Å²) in [5.41, 5.74) is 5.63. The summed E-state index contributed by atoms with van der Waals surface area (Å²) in [5.74, 6) is 0. The number of para-hydroxylation sites is 1. The highest BCUT2D eigenvalue weighted by Gasteiger charge is 2.33. The van der Waals surface area contributed by atoms with Crippen molar-refractivity contribution in [3.8, 4) is 0 Å². The molecule has 0 saturated heterocycles. The van der Waals surface area contributed by atoms with E-state index < -0.39 is 16.5 Å². The van der Waals surface area contributed by atoms with E-state index in [4.69, 9.17) is 5.73 Å². The van der Waals surface area contributed by atoms with Gasteiger partial charge in [0, 0.05) is 5.69 Å². The zero-order chi connectivity index (χ0) is 13.0. The van der Waals surface area contributed by atoms with Crippen LogP contribution in [0.15, 0.2) is 29.2 Å². The van der Waals surface area contributed by atoms with Gasteiger partial charge in [-0.25, -0.2) is 8.93 Å². The van der Waals surface area contributed by atoms with Gasteiger partial charge in [0.1, 0.15) is 17.3 Å². The molecule has 2 rings (SSSR count). The van der Waals surface area contributed by atoms with Crippen LogP contribution in [0.4, 0.5) is 5.69 Å². The summed E-state index contributed by atoms with van der Waals surface area (Å²) in [7, 11) is -1.44. The van der Waals surface area contributed by atoms with Crippen LogP contribution in [0.1, 0.15) is 32.1 Å². The molecule has 0 amide bonds. The molecule has 18 heavy (non-hydrogen) atoms. The third kappa shape index (κ3) is 2.79. The first-order chi connectivity index (χ1) is 8.67. The van der Waals surface area contributed by atoms with Crippen molar-refractivity contribution < 1.29 is 9.00 Å². The Hall–Kier alpha value is -1.20. The molecule has 1 atom stereocenters. The molecule has 98 valence electrons. The molecule has 3 N–H and O–H groups in total. The number of carbonyl (C=O) groups excluding carboxylic acids is 1. The average Bonchev–Trinajstić information content (AvgIpc) is 2.40. The van der Waals surface area contributed by atoms with E-state index in [9.17, 15) is 9.00 Å². The number of hydrogen-bond donors (Lipinski definition) is 2. The summed E-state index contributed by atoms with van der Waals surface area (Å²) in [6.07, 6.45) is 5.52. The molecule has 1 aromatic carbocycles. The lowest BCUT2D eigenvalue weighted by Gasteiger charge is -2.32. The Balaban J connectivity index is 2.15. The Bertz CT molecular complexity index is 456. The molecular formula is C13H18N2O2S. The van der Waals surface area contributed by atoms with Gasteiger partial charge in [-0.3, -0.25) is 0 Å². The van der Waals surface area contributed by atoms with Crippen LogP contribution >= 0.6 is 0 Å². The van der Waals surface area contributed by atoms with E-state index in [1.54, 1.807) is 24.3 Å². The van der Waals surface area contributed by atoms with Crippen molar-refractivity contribution in [3.05, 3.63) is 24.3 Å². The van der Waals surface area contributed by atoms with Gasteiger partial charge in [0.05, 0.1) is 10.4 Å².